The molecule has 0 aromatic heterocycles. The molecule has 2 rings (SSSR count). The number of benzene rings is 2. The number of rotatable bonds is 9. The van der Waals surface area contributed by atoms with Crippen LogP contribution in [0.2, 0.25) is 5.04 Å². The van der Waals surface area contributed by atoms with Crippen molar-refractivity contribution < 1.29 is 18.8 Å². The van der Waals surface area contributed by atoms with E-state index >= 15 is 0 Å². The minimum Gasteiger partial charge on any atom is -0.444 e. The van der Waals surface area contributed by atoms with Crippen molar-refractivity contribution in [2.24, 2.45) is 5.73 Å². The van der Waals surface area contributed by atoms with E-state index in [1.54, 1.807) is 7.05 Å². The van der Waals surface area contributed by atoms with Crippen LogP contribution in [-0.4, -0.2) is 40.1 Å². The van der Waals surface area contributed by atoms with E-state index in [0.717, 1.165) is 10.4 Å². The zero-order valence-electron chi connectivity index (χ0n) is 18.2. The number of amides is 2. The Bertz CT molecular complexity index is 783. The maximum absolute atomic E-state index is 11.7. The number of hydrogen-bond donors (Lipinski definition) is 2. The molecule has 3 N–H and O–H groups in total. The molecule has 30 heavy (non-hydrogen) atoms. The fraction of sp³-hybridized carbons (Fsp3) is 0.391. The average Bonchev–Trinajstić information content (AvgIpc) is 2.72. The van der Waals surface area contributed by atoms with Crippen LogP contribution in [0.15, 0.2) is 60.7 Å². The first-order valence-corrected chi connectivity index (χ1v) is 12.0. The Kier molecular flexibility index (Phi) is 8.20. The number of nitrogens with one attached hydrogen (secondary N) is 1. The van der Waals surface area contributed by atoms with Crippen molar-refractivity contribution in [3.05, 3.63) is 60.7 Å². The lowest BCUT2D eigenvalue weighted by Crippen LogP contribution is -2.67. The van der Waals surface area contributed by atoms with Gasteiger partial charge in [0.2, 0.25) is 5.91 Å². The molecule has 6 nitrogen and oxygen atoms in total. The smallest absolute Gasteiger partial charge is 0.404 e. The van der Waals surface area contributed by atoms with Crippen molar-refractivity contribution in [2.75, 3.05) is 13.7 Å². The van der Waals surface area contributed by atoms with Crippen LogP contribution >= 0.6 is 0 Å². The molecule has 1 atom stereocenters. The minimum atomic E-state index is -2.76. The summed E-state index contributed by atoms with van der Waals surface area (Å²) in [5.74, 6) is -0.126. The zero-order chi connectivity index (χ0) is 22.2. The van der Waals surface area contributed by atoms with Gasteiger partial charge in [0.1, 0.15) is 6.10 Å². The van der Waals surface area contributed by atoms with Gasteiger partial charge in [-0.25, -0.2) is 4.79 Å². The Morgan fingerprint density at radius 3 is 1.90 bits per heavy atom. The third-order valence-electron chi connectivity index (χ3n) is 5.16. The average molecular weight is 429 g/mol. The highest BCUT2D eigenvalue weighted by atomic mass is 28.4. The molecular weight excluding hydrogens is 396 g/mol. The third-order valence-corrected chi connectivity index (χ3v) is 10.2. The quantitative estimate of drug-likeness (QED) is 0.601. The van der Waals surface area contributed by atoms with Crippen LogP contribution in [0.25, 0.3) is 0 Å². The van der Waals surface area contributed by atoms with E-state index in [4.69, 9.17) is 14.9 Å². The Labute approximate surface area is 179 Å². The predicted molar refractivity (Wildman–Crippen MR) is 121 cm³/mol. The van der Waals surface area contributed by atoms with Gasteiger partial charge in [-0.1, -0.05) is 81.4 Å². The summed E-state index contributed by atoms with van der Waals surface area (Å²) in [5, 5.41) is 4.64. The Balaban J connectivity index is 2.43. The summed E-state index contributed by atoms with van der Waals surface area (Å²) in [5.41, 5.74) is 5.27. The highest BCUT2D eigenvalue weighted by Gasteiger charge is 2.50. The van der Waals surface area contributed by atoms with Crippen LogP contribution in [0.5, 0.6) is 0 Å². The van der Waals surface area contributed by atoms with Gasteiger partial charge in [0.15, 0.2) is 0 Å². The minimum absolute atomic E-state index is 0.126. The van der Waals surface area contributed by atoms with Gasteiger partial charge in [0, 0.05) is 13.5 Å². The molecular formula is C23H32N2O4Si. The van der Waals surface area contributed by atoms with Gasteiger partial charge in [-0.3, -0.25) is 4.79 Å². The van der Waals surface area contributed by atoms with Gasteiger partial charge in [-0.05, 0) is 21.8 Å². The molecule has 0 aliphatic rings. The second-order valence-corrected chi connectivity index (χ2v) is 12.6. The largest absolute Gasteiger partial charge is 0.444 e. The van der Waals surface area contributed by atoms with Gasteiger partial charge >= 0.3 is 6.09 Å². The lowest BCUT2D eigenvalue weighted by Gasteiger charge is -2.43. The highest BCUT2D eigenvalue weighted by Crippen LogP contribution is 2.37. The van der Waals surface area contributed by atoms with Crippen LogP contribution in [-0.2, 0) is 14.0 Å². The van der Waals surface area contributed by atoms with Crippen LogP contribution < -0.4 is 21.4 Å². The first-order chi connectivity index (χ1) is 14.2. The molecule has 0 radical (unpaired) electrons. The lowest BCUT2D eigenvalue weighted by molar-refractivity contribution is -0.121. The molecule has 0 bridgehead atoms. The molecule has 0 unspecified atom stereocenters. The fourth-order valence-corrected chi connectivity index (χ4v) is 8.33. The van der Waals surface area contributed by atoms with E-state index in [1.807, 2.05) is 36.4 Å². The Morgan fingerprint density at radius 1 is 1.00 bits per heavy atom. The molecule has 0 saturated heterocycles. The zero-order valence-corrected chi connectivity index (χ0v) is 19.2. The van der Waals surface area contributed by atoms with Crippen LogP contribution in [0.3, 0.4) is 0 Å². The first-order valence-electron chi connectivity index (χ1n) is 10.1. The third kappa shape index (κ3) is 5.70. The molecule has 0 aliphatic carbocycles. The van der Waals surface area contributed by atoms with Crippen molar-refractivity contribution in [1.29, 1.82) is 0 Å². The summed E-state index contributed by atoms with van der Waals surface area (Å²) in [4.78, 5) is 23.1. The van der Waals surface area contributed by atoms with Gasteiger partial charge < -0.3 is 20.2 Å². The Morgan fingerprint density at radius 2 is 1.50 bits per heavy atom. The molecule has 162 valence electrons. The van der Waals surface area contributed by atoms with Crippen molar-refractivity contribution in [2.45, 2.75) is 44.8 Å². The van der Waals surface area contributed by atoms with Crippen molar-refractivity contribution >= 4 is 30.7 Å². The summed E-state index contributed by atoms with van der Waals surface area (Å²) in [6, 6.07) is 20.4. The number of ether oxygens (including phenoxy) is 1. The number of primary amides is 1. The lowest BCUT2D eigenvalue weighted by atomic mass is 10.2. The number of nitrogens with two attached hydrogens (primary N) is 1. The van der Waals surface area contributed by atoms with E-state index in [2.05, 4.69) is 50.4 Å². The van der Waals surface area contributed by atoms with Gasteiger partial charge in [-0.2, -0.15) is 0 Å². The second kappa shape index (κ2) is 10.4. The number of hydrogen-bond acceptors (Lipinski definition) is 4. The van der Waals surface area contributed by atoms with Gasteiger partial charge in [0.25, 0.3) is 8.32 Å². The maximum atomic E-state index is 11.7. The molecule has 2 aromatic carbocycles. The van der Waals surface area contributed by atoms with E-state index in [0.29, 0.717) is 6.42 Å². The molecule has 0 fully saturated rings. The summed E-state index contributed by atoms with van der Waals surface area (Å²) < 4.78 is 12.1. The van der Waals surface area contributed by atoms with Crippen molar-refractivity contribution in [1.82, 2.24) is 5.32 Å². The monoisotopic (exact) mass is 428 g/mol. The first kappa shape index (κ1) is 23.6. The van der Waals surface area contributed by atoms with E-state index in [1.165, 1.54) is 0 Å². The highest BCUT2D eigenvalue weighted by molar-refractivity contribution is 6.99. The molecule has 2 aromatic rings. The van der Waals surface area contributed by atoms with Crippen LogP contribution in [0, 0.1) is 0 Å². The van der Waals surface area contributed by atoms with E-state index < -0.39 is 20.5 Å². The maximum Gasteiger partial charge on any atom is 0.404 e. The van der Waals surface area contributed by atoms with Gasteiger partial charge in [0.05, 0.1) is 6.61 Å². The van der Waals surface area contributed by atoms with Crippen LogP contribution in [0.4, 0.5) is 4.79 Å². The number of carbonyl (C=O) groups excluding carboxylic acids is 2. The van der Waals surface area contributed by atoms with E-state index in [9.17, 15) is 9.59 Å². The molecule has 2 amide bonds. The fourth-order valence-electron chi connectivity index (χ4n) is 3.74. The van der Waals surface area contributed by atoms with Crippen molar-refractivity contribution in [3.8, 4) is 0 Å². The molecule has 0 aliphatic heterocycles. The second-order valence-electron chi connectivity index (χ2n) is 8.24. The molecule has 0 saturated carbocycles. The summed E-state index contributed by atoms with van der Waals surface area (Å²) in [6.45, 7) is 6.68. The summed E-state index contributed by atoms with van der Waals surface area (Å²) in [6.07, 6.45) is -0.927. The normalized spacial score (nSPS) is 12.8. The predicted octanol–water partition coefficient (Wildman–Crippen LogP) is 2.55. The van der Waals surface area contributed by atoms with E-state index in [-0.39, 0.29) is 24.0 Å². The molecule has 0 heterocycles. The van der Waals surface area contributed by atoms with Gasteiger partial charge in [-0.15, -0.1) is 0 Å². The molecule has 7 heteroatoms. The number of carbonyl (C=O) groups is 2. The SMILES string of the molecule is CNC(=O)CC[C@@H](CO[Si](c1ccccc1)(c1ccccc1)C(C)(C)C)OC(N)=O. The molecule has 0 spiro atoms. The van der Waals surface area contributed by atoms with Crippen molar-refractivity contribution in [3.63, 3.8) is 0 Å². The Hall–Kier alpha value is -2.64. The standard InChI is InChI=1S/C23H32N2O4Si/c1-23(2,3)30(19-11-7-5-8-12-19,20-13-9-6-10-14-20)28-17-18(29-22(24)27)15-16-21(26)25-4/h5-14,18H,15-17H2,1-4H3,(H2,24,27)(H,25,26)/t18-/m0/s1. The van der Waals surface area contributed by atoms with Crippen LogP contribution in [0.1, 0.15) is 33.6 Å². The summed E-state index contributed by atoms with van der Waals surface area (Å²) >= 11 is 0. The topological polar surface area (TPSA) is 90.7 Å². The summed E-state index contributed by atoms with van der Waals surface area (Å²) in [7, 11) is -1.19.